The van der Waals surface area contributed by atoms with Crippen molar-refractivity contribution in [3.8, 4) is 0 Å². The minimum absolute atomic E-state index is 0.103. The summed E-state index contributed by atoms with van der Waals surface area (Å²) >= 11 is 0. The minimum Gasteiger partial charge on any atom is -0.462 e. The molecule has 0 heterocycles. The van der Waals surface area contributed by atoms with Gasteiger partial charge >= 0.3 is 5.97 Å². The number of rotatable bonds is 6. The van der Waals surface area contributed by atoms with E-state index in [0.29, 0.717) is 16.7 Å². The first-order valence-corrected chi connectivity index (χ1v) is 13.6. The van der Waals surface area contributed by atoms with Crippen molar-refractivity contribution in [3.05, 3.63) is 23.8 Å². The number of fused-ring (bicyclic) bond motifs is 5. The highest BCUT2D eigenvalue weighted by Gasteiger charge is 2.59. The van der Waals surface area contributed by atoms with Crippen LogP contribution in [0.3, 0.4) is 0 Å². The monoisotopic (exact) mass is 440 g/mol. The first-order valence-electron chi connectivity index (χ1n) is 13.6. The molecule has 0 radical (unpaired) electrons. The van der Waals surface area contributed by atoms with Crippen molar-refractivity contribution >= 4 is 5.97 Å². The maximum Gasteiger partial charge on any atom is 0.302 e. The fourth-order valence-electron chi connectivity index (χ4n) is 8.81. The molecular formula is C30H48O2. The first-order chi connectivity index (χ1) is 15.1. The summed E-state index contributed by atoms with van der Waals surface area (Å²) in [5.41, 5.74) is 3.92. The lowest BCUT2D eigenvalue weighted by atomic mass is 9.47. The van der Waals surface area contributed by atoms with E-state index in [1.54, 1.807) is 12.5 Å². The molecule has 0 N–H and O–H groups in total. The van der Waals surface area contributed by atoms with Gasteiger partial charge in [0.25, 0.3) is 0 Å². The molecule has 3 saturated carbocycles. The van der Waals surface area contributed by atoms with Gasteiger partial charge in [-0.2, -0.15) is 0 Å². The third kappa shape index (κ3) is 4.14. The predicted molar refractivity (Wildman–Crippen MR) is 133 cm³/mol. The topological polar surface area (TPSA) is 26.3 Å². The molecule has 0 amide bonds. The van der Waals surface area contributed by atoms with Crippen molar-refractivity contribution in [1.29, 1.82) is 0 Å². The third-order valence-corrected chi connectivity index (χ3v) is 10.8. The second-order valence-corrected chi connectivity index (χ2v) is 12.8. The van der Waals surface area contributed by atoms with Crippen LogP contribution in [0.5, 0.6) is 0 Å². The second kappa shape index (κ2) is 8.95. The van der Waals surface area contributed by atoms with Gasteiger partial charge < -0.3 is 4.74 Å². The molecule has 4 aliphatic rings. The molecule has 8 atom stereocenters. The Morgan fingerprint density at radius 1 is 1.12 bits per heavy atom. The number of hydrogen-bond acceptors (Lipinski definition) is 2. The smallest absolute Gasteiger partial charge is 0.302 e. The van der Waals surface area contributed by atoms with Crippen LogP contribution in [0.4, 0.5) is 0 Å². The molecule has 32 heavy (non-hydrogen) atoms. The lowest BCUT2D eigenvalue weighted by Gasteiger charge is -2.58. The lowest BCUT2D eigenvalue weighted by molar-refractivity contribution is -0.148. The summed E-state index contributed by atoms with van der Waals surface area (Å²) in [4.78, 5) is 11.5. The molecule has 3 fully saturated rings. The van der Waals surface area contributed by atoms with E-state index in [0.717, 1.165) is 42.4 Å². The van der Waals surface area contributed by atoms with Crippen LogP contribution in [-0.4, -0.2) is 12.1 Å². The Kier molecular flexibility index (Phi) is 6.74. The van der Waals surface area contributed by atoms with Gasteiger partial charge in [-0.3, -0.25) is 4.79 Å². The fraction of sp³-hybridized carbons (Fsp3) is 0.833. The Labute approximate surface area is 197 Å². The minimum atomic E-state index is -0.123. The molecule has 0 spiro atoms. The second-order valence-electron chi connectivity index (χ2n) is 12.8. The number of hydrogen-bond donors (Lipinski definition) is 0. The molecular weight excluding hydrogens is 392 g/mol. The predicted octanol–water partition coefficient (Wildman–Crippen LogP) is 8.13. The van der Waals surface area contributed by atoms with Crippen molar-refractivity contribution in [2.75, 3.05) is 0 Å². The number of carbonyl (C=O) groups excluding carboxylic acids is 1. The lowest BCUT2D eigenvalue weighted by Crippen LogP contribution is -2.51. The van der Waals surface area contributed by atoms with Gasteiger partial charge in [-0.15, -0.1) is 0 Å². The summed E-state index contributed by atoms with van der Waals surface area (Å²) in [6.07, 6.45) is 15.2. The molecule has 0 bridgehead atoms. The summed E-state index contributed by atoms with van der Waals surface area (Å²) in [5, 5.41) is 0. The van der Waals surface area contributed by atoms with E-state index >= 15 is 0 Å². The van der Waals surface area contributed by atoms with Gasteiger partial charge in [0.2, 0.25) is 0 Å². The number of carbonyl (C=O) groups is 1. The highest BCUT2D eigenvalue weighted by molar-refractivity contribution is 5.66. The van der Waals surface area contributed by atoms with E-state index in [9.17, 15) is 4.79 Å². The van der Waals surface area contributed by atoms with Gasteiger partial charge in [0.05, 0.1) is 0 Å². The van der Waals surface area contributed by atoms with Crippen LogP contribution in [0.15, 0.2) is 23.8 Å². The van der Waals surface area contributed by atoms with E-state index in [4.69, 9.17) is 4.74 Å². The molecule has 2 heteroatoms. The van der Waals surface area contributed by atoms with Crippen molar-refractivity contribution in [1.82, 2.24) is 0 Å². The standard InChI is InChI=1S/C30H48O2/c1-19(2)8-9-20(3)21(4)26-12-13-27-25-11-10-23-18-24(32-22(5)31)14-16-29(23,6)28(25)15-17-30(26,27)7/h10,19,21,24-28H,3,8-9,11-18H2,1-2,4-7H3/t21-,24+,25+,26-,27+,28+,29+,30-/m1/s1. The van der Waals surface area contributed by atoms with Crippen LogP contribution in [0, 0.1) is 46.3 Å². The molecule has 180 valence electrons. The first kappa shape index (κ1) is 24.1. The van der Waals surface area contributed by atoms with E-state index < -0.39 is 0 Å². The van der Waals surface area contributed by atoms with Gasteiger partial charge in [-0.25, -0.2) is 0 Å². The summed E-state index contributed by atoms with van der Waals surface area (Å²) < 4.78 is 5.62. The normalized spacial score (nSPS) is 41.8. The van der Waals surface area contributed by atoms with Gasteiger partial charge in [0, 0.05) is 13.3 Å². The molecule has 0 aromatic rings. The average Bonchev–Trinajstić information content (AvgIpc) is 3.08. The maximum absolute atomic E-state index is 11.5. The average molecular weight is 441 g/mol. The molecule has 0 unspecified atom stereocenters. The van der Waals surface area contributed by atoms with Gasteiger partial charge in [-0.1, -0.05) is 58.4 Å². The number of ether oxygens (including phenoxy) is 1. The quantitative estimate of drug-likeness (QED) is 0.308. The Bertz CT molecular complexity index is 763. The zero-order valence-corrected chi connectivity index (χ0v) is 21.7. The summed E-state index contributed by atoms with van der Waals surface area (Å²) in [6.45, 7) is 18.5. The van der Waals surface area contributed by atoms with Crippen LogP contribution in [0.25, 0.3) is 0 Å². The van der Waals surface area contributed by atoms with E-state index in [2.05, 4.69) is 47.3 Å². The highest BCUT2D eigenvalue weighted by Crippen LogP contribution is 2.67. The van der Waals surface area contributed by atoms with Gasteiger partial charge in [0.15, 0.2) is 0 Å². The third-order valence-electron chi connectivity index (χ3n) is 10.8. The van der Waals surface area contributed by atoms with Crippen LogP contribution in [0.2, 0.25) is 0 Å². The zero-order chi connectivity index (χ0) is 23.3. The molecule has 0 saturated heterocycles. The van der Waals surface area contributed by atoms with Crippen molar-refractivity contribution in [2.24, 2.45) is 46.3 Å². The molecule has 0 aliphatic heterocycles. The molecule has 0 aromatic heterocycles. The fourth-order valence-corrected chi connectivity index (χ4v) is 8.81. The maximum atomic E-state index is 11.5. The van der Waals surface area contributed by atoms with E-state index in [1.165, 1.54) is 56.9 Å². The van der Waals surface area contributed by atoms with Crippen LogP contribution < -0.4 is 0 Å². The highest BCUT2D eigenvalue weighted by atomic mass is 16.5. The van der Waals surface area contributed by atoms with Crippen LogP contribution >= 0.6 is 0 Å². The van der Waals surface area contributed by atoms with E-state index in [-0.39, 0.29) is 12.1 Å². The van der Waals surface area contributed by atoms with Gasteiger partial charge in [0.1, 0.15) is 6.10 Å². The van der Waals surface area contributed by atoms with Gasteiger partial charge in [-0.05, 0) is 104 Å². The summed E-state index contributed by atoms with van der Waals surface area (Å²) in [6, 6.07) is 0. The van der Waals surface area contributed by atoms with Crippen molar-refractivity contribution < 1.29 is 9.53 Å². The molecule has 0 aromatic carbocycles. The largest absolute Gasteiger partial charge is 0.462 e. The molecule has 2 nitrogen and oxygen atoms in total. The Balaban J connectivity index is 1.49. The van der Waals surface area contributed by atoms with Crippen molar-refractivity contribution in [2.45, 2.75) is 112 Å². The van der Waals surface area contributed by atoms with E-state index in [1.807, 2.05) is 0 Å². The zero-order valence-electron chi connectivity index (χ0n) is 21.7. The Hall–Kier alpha value is -1.05. The van der Waals surface area contributed by atoms with Crippen molar-refractivity contribution in [3.63, 3.8) is 0 Å². The number of esters is 1. The summed E-state index contributed by atoms with van der Waals surface area (Å²) in [7, 11) is 0. The Morgan fingerprint density at radius 2 is 1.88 bits per heavy atom. The molecule has 4 aliphatic carbocycles. The number of allylic oxidation sites excluding steroid dienone is 2. The van der Waals surface area contributed by atoms with Crippen LogP contribution in [-0.2, 0) is 9.53 Å². The van der Waals surface area contributed by atoms with Crippen LogP contribution in [0.1, 0.15) is 106 Å². The Morgan fingerprint density at radius 3 is 2.56 bits per heavy atom. The molecule has 4 rings (SSSR count). The summed E-state index contributed by atoms with van der Waals surface area (Å²) in [5.74, 6) is 4.64. The SMILES string of the molecule is C=C(CCC(C)C)[C@@H](C)[C@H]1CC[C@H]2[C@@H]3CC=C4C[C@@H](OC(C)=O)CC[C@]4(C)[C@H]3CC[C@]12C.